The first kappa shape index (κ1) is 23.3. The third-order valence-electron chi connectivity index (χ3n) is 5.77. The lowest BCUT2D eigenvalue weighted by atomic mass is 9.84. The Hall–Kier alpha value is -3.36. The Kier molecular flexibility index (Phi) is 6.04. The van der Waals surface area contributed by atoms with Crippen LogP contribution in [0.4, 0.5) is 17.6 Å². The van der Waals surface area contributed by atoms with E-state index in [1.165, 1.54) is 6.92 Å². The normalized spacial score (nSPS) is 13.8. The Morgan fingerprint density at radius 2 is 1.72 bits per heavy atom. The lowest BCUT2D eigenvalue weighted by Crippen LogP contribution is -2.21. The Balaban J connectivity index is 2.28. The number of hydrogen-bond acceptors (Lipinski definition) is 3. The van der Waals surface area contributed by atoms with Crippen LogP contribution in [0.1, 0.15) is 53.4 Å². The molecule has 0 amide bonds. The summed E-state index contributed by atoms with van der Waals surface area (Å²) in [4.78, 5) is 25.3. The predicted octanol–water partition coefficient (Wildman–Crippen LogP) is 5.72. The van der Waals surface area contributed by atoms with Crippen LogP contribution in [0, 0.1) is 18.7 Å². The molecule has 3 aromatic rings. The molecule has 170 valence electrons. The first-order valence-electron chi connectivity index (χ1n) is 9.86. The summed E-state index contributed by atoms with van der Waals surface area (Å²) in [6.45, 7) is 5.02. The van der Waals surface area contributed by atoms with Gasteiger partial charge in [-0.25, -0.2) is 4.39 Å². The highest BCUT2D eigenvalue weighted by Crippen LogP contribution is 2.39. The molecule has 0 aliphatic carbocycles. The maximum Gasteiger partial charge on any atom is 0.416 e. The largest absolute Gasteiger partial charge is 0.505 e. The van der Waals surface area contributed by atoms with Gasteiger partial charge >= 0.3 is 12.1 Å². The van der Waals surface area contributed by atoms with Crippen LogP contribution in [0.25, 0.3) is 10.9 Å². The number of aromatic hydroxyl groups is 1. The number of alkyl halides is 3. The number of halogens is 4. The van der Waals surface area contributed by atoms with Gasteiger partial charge in [-0.15, -0.1) is 0 Å². The Morgan fingerprint density at radius 1 is 1.12 bits per heavy atom. The van der Waals surface area contributed by atoms with Crippen molar-refractivity contribution in [2.45, 2.75) is 39.3 Å². The van der Waals surface area contributed by atoms with Crippen LogP contribution in [-0.4, -0.2) is 26.7 Å². The number of benzene rings is 2. The molecule has 2 atom stereocenters. The second-order valence-electron chi connectivity index (χ2n) is 7.74. The van der Waals surface area contributed by atoms with Gasteiger partial charge in [-0.3, -0.25) is 14.2 Å². The molecule has 2 aromatic carbocycles. The van der Waals surface area contributed by atoms with Gasteiger partial charge in [-0.1, -0.05) is 20.3 Å². The van der Waals surface area contributed by atoms with E-state index < -0.39 is 41.1 Å². The molecular weight excluding hydrogens is 430 g/mol. The molecule has 1 heterocycles. The molecule has 1 aromatic heterocycles. The number of rotatable bonds is 5. The van der Waals surface area contributed by atoms with E-state index in [1.54, 1.807) is 13.8 Å². The zero-order valence-corrected chi connectivity index (χ0v) is 17.5. The molecule has 0 spiro atoms. The highest BCUT2D eigenvalue weighted by Gasteiger charge is 2.34. The quantitative estimate of drug-likeness (QED) is 0.487. The molecule has 0 radical (unpaired) electrons. The molecule has 0 bridgehead atoms. The van der Waals surface area contributed by atoms with Gasteiger partial charge in [0.05, 0.1) is 17.0 Å². The molecule has 0 saturated carbocycles. The van der Waals surface area contributed by atoms with Crippen LogP contribution in [0.15, 0.2) is 36.4 Å². The average Bonchev–Trinajstić information content (AvgIpc) is 2.98. The maximum atomic E-state index is 14.2. The Morgan fingerprint density at radius 3 is 2.22 bits per heavy atom. The highest BCUT2D eigenvalue weighted by molar-refractivity contribution is 6.05. The number of phenolic OH excluding ortho intramolecular Hbond substituents is 1. The minimum Gasteiger partial charge on any atom is -0.505 e. The number of fused-ring (bicyclic) bond motifs is 1. The smallest absolute Gasteiger partial charge is 0.416 e. The SMILES string of the molecule is CCC(C)[C@@H](C(=O)O)c1c(C)n(C(=O)c2ccc(C(F)(F)F)cc2)c2cc(F)c(O)cc12. The van der Waals surface area contributed by atoms with Crippen LogP contribution < -0.4 is 0 Å². The number of nitrogens with zero attached hydrogens (tertiary/aromatic N) is 1. The first-order valence-corrected chi connectivity index (χ1v) is 9.86. The van der Waals surface area contributed by atoms with Gasteiger partial charge in [0.2, 0.25) is 0 Å². The summed E-state index contributed by atoms with van der Waals surface area (Å²) < 4.78 is 53.9. The fourth-order valence-corrected chi connectivity index (χ4v) is 3.92. The number of carboxylic acids is 1. The van der Waals surface area contributed by atoms with E-state index in [1.807, 2.05) is 0 Å². The third-order valence-corrected chi connectivity index (χ3v) is 5.77. The van der Waals surface area contributed by atoms with Crippen molar-refractivity contribution in [1.82, 2.24) is 4.57 Å². The number of carbonyl (C=O) groups excluding carboxylic acids is 1. The second-order valence-corrected chi connectivity index (χ2v) is 7.74. The van der Waals surface area contributed by atoms with E-state index >= 15 is 0 Å². The van der Waals surface area contributed by atoms with Crippen molar-refractivity contribution >= 4 is 22.8 Å². The number of hydrogen-bond donors (Lipinski definition) is 2. The number of phenols is 1. The van der Waals surface area contributed by atoms with Crippen molar-refractivity contribution in [3.05, 3.63) is 64.6 Å². The van der Waals surface area contributed by atoms with Crippen molar-refractivity contribution in [2.75, 3.05) is 0 Å². The number of carboxylic acid groups (broad SMARTS) is 1. The topological polar surface area (TPSA) is 79.5 Å². The van der Waals surface area contributed by atoms with Crippen molar-refractivity contribution in [1.29, 1.82) is 0 Å². The van der Waals surface area contributed by atoms with Crippen LogP contribution in [0.5, 0.6) is 5.75 Å². The number of carbonyl (C=O) groups is 2. The zero-order valence-electron chi connectivity index (χ0n) is 17.5. The zero-order chi connectivity index (χ0) is 24.0. The van der Waals surface area contributed by atoms with Crippen molar-refractivity contribution in [3.8, 4) is 5.75 Å². The standard InChI is InChI=1S/C23H21F4NO4/c1-4-11(2)19(22(31)32)20-12(3)28(17-10-16(24)18(29)9-15(17)20)21(30)13-5-7-14(8-6-13)23(25,26)27/h5-11,19,29H,4H2,1-3H3,(H,31,32)/t11?,19-/m1/s1. The molecule has 9 heteroatoms. The van der Waals surface area contributed by atoms with E-state index in [0.717, 1.165) is 41.0 Å². The molecule has 1 unspecified atom stereocenters. The van der Waals surface area contributed by atoms with Crippen molar-refractivity contribution < 1.29 is 37.4 Å². The molecule has 2 N–H and O–H groups in total. The predicted molar refractivity (Wildman–Crippen MR) is 109 cm³/mol. The average molecular weight is 451 g/mol. The number of aliphatic carboxylic acids is 1. The minimum absolute atomic E-state index is 0.0206. The third kappa shape index (κ3) is 3.94. The molecule has 5 nitrogen and oxygen atoms in total. The van der Waals surface area contributed by atoms with Crippen molar-refractivity contribution in [3.63, 3.8) is 0 Å². The van der Waals surface area contributed by atoms with Gasteiger partial charge < -0.3 is 10.2 Å². The fraction of sp³-hybridized carbons (Fsp3) is 0.304. The first-order chi connectivity index (χ1) is 14.9. The van der Waals surface area contributed by atoms with Gasteiger partial charge in [-0.2, -0.15) is 13.2 Å². The van der Waals surface area contributed by atoms with Crippen LogP contribution in [-0.2, 0) is 11.0 Å². The van der Waals surface area contributed by atoms with Crippen LogP contribution >= 0.6 is 0 Å². The van der Waals surface area contributed by atoms with E-state index in [9.17, 15) is 37.4 Å². The summed E-state index contributed by atoms with van der Waals surface area (Å²) >= 11 is 0. The minimum atomic E-state index is -4.57. The summed E-state index contributed by atoms with van der Waals surface area (Å²) in [5, 5.41) is 20.0. The number of aromatic nitrogens is 1. The summed E-state index contributed by atoms with van der Waals surface area (Å²) in [6.07, 6.45) is -4.07. The highest BCUT2D eigenvalue weighted by atomic mass is 19.4. The second kappa shape index (κ2) is 8.29. The summed E-state index contributed by atoms with van der Waals surface area (Å²) in [6, 6.07) is 5.54. The van der Waals surface area contributed by atoms with Crippen LogP contribution in [0.2, 0.25) is 0 Å². The van der Waals surface area contributed by atoms with E-state index in [0.29, 0.717) is 6.42 Å². The van der Waals surface area contributed by atoms with Crippen LogP contribution in [0.3, 0.4) is 0 Å². The Bertz CT molecular complexity index is 1200. The fourth-order valence-electron chi connectivity index (χ4n) is 3.92. The van der Waals surface area contributed by atoms with Gasteiger partial charge in [0.1, 0.15) is 0 Å². The van der Waals surface area contributed by atoms with E-state index in [-0.39, 0.29) is 33.6 Å². The summed E-state index contributed by atoms with van der Waals surface area (Å²) in [7, 11) is 0. The monoisotopic (exact) mass is 451 g/mol. The Labute approximate surface area is 180 Å². The van der Waals surface area contributed by atoms with Gasteiger partial charge in [0.15, 0.2) is 11.6 Å². The molecule has 3 rings (SSSR count). The van der Waals surface area contributed by atoms with Gasteiger partial charge in [-0.05, 0) is 48.7 Å². The van der Waals surface area contributed by atoms with Crippen molar-refractivity contribution in [2.24, 2.45) is 5.92 Å². The maximum absolute atomic E-state index is 14.2. The molecule has 0 saturated heterocycles. The summed E-state index contributed by atoms with van der Waals surface area (Å²) in [5.74, 6) is -5.00. The molecule has 0 aliphatic heterocycles. The lowest BCUT2D eigenvalue weighted by Gasteiger charge is -2.20. The lowest BCUT2D eigenvalue weighted by molar-refractivity contribution is -0.140. The molecule has 0 aliphatic rings. The van der Waals surface area contributed by atoms with E-state index in [2.05, 4.69) is 0 Å². The molecule has 32 heavy (non-hydrogen) atoms. The van der Waals surface area contributed by atoms with Gasteiger partial charge in [0.25, 0.3) is 5.91 Å². The van der Waals surface area contributed by atoms with E-state index in [4.69, 9.17) is 0 Å². The molecular formula is C23H21F4NO4. The molecule has 0 fully saturated rings. The summed E-state index contributed by atoms with van der Waals surface area (Å²) in [5.41, 5.74) is -0.539. The van der Waals surface area contributed by atoms with Gasteiger partial charge in [0, 0.05) is 22.7 Å².